The zero-order valence-corrected chi connectivity index (χ0v) is 11.1. The van der Waals surface area contributed by atoms with E-state index in [4.69, 9.17) is 0 Å². The van der Waals surface area contributed by atoms with E-state index < -0.39 is 0 Å². The van der Waals surface area contributed by atoms with E-state index in [-0.39, 0.29) is 0 Å². The summed E-state index contributed by atoms with van der Waals surface area (Å²) < 4.78 is 1.05. The predicted octanol–water partition coefficient (Wildman–Crippen LogP) is 2.82. The third-order valence-corrected chi connectivity index (χ3v) is 3.47. The number of hydrogen-bond acceptors (Lipinski definition) is 3. The molecule has 0 saturated carbocycles. The molecular formula is C13H12BrN3. The van der Waals surface area contributed by atoms with Crippen LogP contribution in [0.3, 0.4) is 0 Å². The molecule has 0 saturated heterocycles. The van der Waals surface area contributed by atoms with Gasteiger partial charge >= 0.3 is 0 Å². The van der Waals surface area contributed by atoms with Crippen molar-refractivity contribution < 1.29 is 0 Å². The first-order valence-electron chi connectivity index (χ1n) is 5.57. The summed E-state index contributed by atoms with van der Waals surface area (Å²) >= 11 is 3.47. The molecule has 2 aromatic rings. The molecule has 3 rings (SSSR count). The molecule has 0 fully saturated rings. The van der Waals surface area contributed by atoms with Crippen molar-refractivity contribution in [2.24, 2.45) is 0 Å². The molecule has 0 unspecified atom stereocenters. The van der Waals surface area contributed by atoms with Gasteiger partial charge in [0, 0.05) is 34.4 Å². The van der Waals surface area contributed by atoms with Crippen LogP contribution in [0, 0.1) is 6.92 Å². The maximum atomic E-state index is 4.63. The van der Waals surface area contributed by atoms with Crippen LogP contribution in [0.15, 0.2) is 28.7 Å². The summed E-state index contributed by atoms with van der Waals surface area (Å²) in [5.74, 6) is 0.811. The highest BCUT2D eigenvalue weighted by molar-refractivity contribution is 9.10. The molecule has 0 bridgehead atoms. The fourth-order valence-corrected chi connectivity index (χ4v) is 2.49. The lowest BCUT2D eigenvalue weighted by Crippen LogP contribution is -2.00. The predicted molar refractivity (Wildman–Crippen MR) is 70.4 cm³/mol. The summed E-state index contributed by atoms with van der Waals surface area (Å²) in [5, 5.41) is 3.31. The quantitative estimate of drug-likeness (QED) is 0.877. The van der Waals surface area contributed by atoms with Crippen LogP contribution in [0.2, 0.25) is 0 Å². The Hall–Kier alpha value is -1.26. The summed E-state index contributed by atoms with van der Waals surface area (Å²) in [5.41, 5.74) is 4.52. The van der Waals surface area contributed by atoms with Crippen LogP contribution < -0.4 is 5.32 Å². The molecule has 0 amide bonds. The van der Waals surface area contributed by atoms with Crippen LogP contribution in [0.25, 0.3) is 11.4 Å². The normalized spacial score (nSPS) is 13.8. The van der Waals surface area contributed by atoms with E-state index in [1.54, 1.807) is 0 Å². The topological polar surface area (TPSA) is 37.8 Å². The number of aryl methyl sites for hydroxylation is 1. The van der Waals surface area contributed by atoms with E-state index in [1.165, 1.54) is 5.56 Å². The number of fused-ring (bicyclic) bond motifs is 1. The number of rotatable bonds is 1. The number of nitrogens with one attached hydrogen (secondary N) is 1. The van der Waals surface area contributed by atoms with Gasteiger partial charge in [0.05, 0.1) is 5.69 Å². The highest BCUT2D eigenvalue weighted by atomic mass is 79.9. The average molecular weight is 290 g/mol. The minimum absolute atomic E-state index is 0.811. The Kier molecular flexibility index (Phi) is 2.68. The van der Waals surface area contributed by atoms with Gasteiger partial charge in [-0.2, -0.15) is 0 Å². The first kappa shape index (κ1) is 10.9. The van der Waals surface area contributed by atoms with Gasteiger partial charge in [0.2, 0.25) is 0 Å². The first-order valence-corrected chi connectivity index (χ1v) is 6.36. The smallest absolute Gasteiger partial charge is 0.159 e. The van der Waals surface area contributed by atoms with E-state index >= 15 is 0 Å². The van der Waals surface area contributed by atoms with Gasteiger partial charge < -0.3 is 5.32 Å². The molecular weight excluding hydrogens is 278 g/mol. The van der Waals surface area contributed by atoms with Crippen LogP contribution in [0.4, 0.5) is 0 Å². The molecule has 0 radical (unpaired) electrons. The number of nitrogens with zero attached hydrogens (tertiary/aromatic N) is 2. The van der Waals surface area contributed by atoms with Gasteiger partial charge in [-0.3, -0.25) is 0 Å². The van der Waals surface area contributed by atoms with Crippen LogP contribution >= 0.6 is 15.9 Å². The molecule has 4 heteroatoms. The maximum Gasteiger partial charge on any atom is 0.159 e. The Labute approximate surface area is 108 Å². The molecule has 1 aliphatic rings. The lowest BCUT2D eigenvalue weighted by atomic mass is 10.1. The average Bonchev–Trinajstić information content (AvgIpc) is 2.77. The van der Waals surface area contributed by atoms with Gasteiger partial charge in [-0.25, -0.2) is 9.97 Å². The minimum Gasteiger partial charge on any atom is -0.307 e. The summed E-state index contributed by atoms with van der Waals surface area (Å²) in [7, 11) is 0. The second kappa shape index (κ2) is 4.20. The zero-order chi connectivity index (χ0) is 11.8. The maximum absolute atomic E-state index is 4.63. The van der Waals surface area contributed by atoms with Crippen molar-refractivity contribution in [3.05, 3.63) is 45.7 Å². The van der Waals surface area contributed by atoms with Crippen molar-refractivity contribution in [3.8, 4) is 11.4 Å². The second-order valence-electron chi connectivity index (χ2n) is 4.17. The molecule has 0 atom stereocenters. The van der Waals surface area contributed by atoms with Gasteiger partial charge in [-0.05, 0) is 19.1 Å². The Balaban J connectivity index is 2.13. The van der Waals surface area contributed by atoms with Gasteiger partial charge in [0.1, 0.15) is 0 Å². The molecule has 1 aromatic carbocycles. The van der Waals surface area contributed by atoms with Gasteiger partial charge in [-0.1, -0.05) is 28.1 Å². The van der Waals surface area contributed by atoms with Crippen LogP contribution in [-0.4, -0.2) is 9.97 Å². The van der Waals surface area contributed by atoms with E-state index in [0.717, 1.165) is 40.3 Å². The molecule has 1 aromatic heterocycles. The molecule has 1 aliphatic heterocycles. The van der Waals surface area contributed by atoms with Crippen LogP contribution in [0.1, 0.15) is 17.0 Å². The molecule has 1 N–H and O–H groups in total. The van der Waals surface area contributed by atoms with Gasteiger partial charge in [0.15, 0.2) is 5.82 Å². The minimum atomic E-state index is 0.811. The van der Waals surface area contributed by atoms with Crippen molar-refractivity contribution in [2.45, 2.75) is 20.0 Å². The first-order chi connectivity index (χ1) is 8.24. The number of hydrogen-bond donors (Lipinski definition) is 1. The fraction of sp³-hybridized carbons (Fsp3) is 0.231. The van der Waals surface area contributed by atoms with E-state index in [0.29, 0.717) is 0 Å². The lowest BCUT2D eigenvalue weighted by Gasteiger charge is -2.06. The molecule has 2 heterocycles. The van der Waals surface area contributed by atoms with E-state index in [9.17, 15) is 0 Å². The number of aromatic nitrogens is 2. The van der Waals surface area contributed by atoms with Crippen LogP contribution in [0.5, 0.6) is 0 Å². The third-order valence-electron chi connectivity index (χ3n) is 2.98. The Morgan fingerprint density at radius 1 is 1.24 bits per heavy atom. The summed E-state index contributed by atoms with van der Waals surface area (Å²) in [6, 6.07) is 8.09. The molecule has 3 nitrogen and oxygen atoms in total. The number of benzene rings is 1. The fourth-order valence-electron chi connectivity index (χ4n) is 2.09. The largest absolute Gasteiger partial charge is 0.307 e. The van der Waals surface area contributed by atoms with Gasteiger partial charge in [0.25, 0.3) is 0 Å². The highest BCUT2D eigenvalue weighted by Gasteiger charge is 2.16. The SMILES string of the molecule is Cc1nc(-c2cccc(Br)c2)nc2c1CNC2. The van der Waals surface area contributed by atoms with Crippen LogP contribution in [-0.2, 0) is 13.1 Å². The highest BCUT2D eigenvalue weighted by Crippen LogP contribution is 2.23. The molecule has 86 valence electrons. The van der Waals surface area contributed by atoms with Crippen molar-refractivity contribution in [3.63, 3.8) is 0 Å². The van der Waals surface area contributed by atoms with Crippen molar-refractivity contribution in [1.29, 1.82) is 0 Å². The lowest BCUT2D eigenvalue weighted by molar-refractivity contribution is 0.757. The Morgan fingerprint density at radius 2 is 2.12 bits per heavy atom. The van der Waals surface area contributed by atoms with Crippen molar-refractivity contribution in [2.75, 3.05) is 0 Å². The van der Waals surface area contributed by atoms with Gasteiger partial charge in [-0.15, -0.1) is 0 Å². The molecule has 0 aliphatic carbocycles. The summed E-state index contributed by atoms with van der Waals surface area (Å²) in [6.07, 6.45) is 0. The number of halogens is 1. The Bertz CT molecular complexity index is 581. The Morgan fingerprint density at radius 3 is 2.94 bits per heavy atom. The zero-order valence-electron chi connectivity index (χ0n) is 9.50. The second-order valence-corrected chi connectivity index (χ2v) is 5.09. The summed E-state index contributed by atoms with van der Waals surface area (Å²) in [4.78, 5) is 9.22. The summed E-state index contributed by atoms with van der Waals surface area (Å²) in [6.45, 7) is 3.79. The monoisotopic (exact) mass is 289 g/mol. The van der Waals surface area contributed by atoms with E-state index in [1.807, 2.05) is 24.3 Å². The third kappa shape index (κ3) is 1.98. The standard InChI is InChI=1S/C13H12BrN3/c1-8-11-6-15-7-12(11)17-13(16-8)9-3-2-4-10(14)5-9/h2-5,15H,6-7H2,1H3. The molecule has 17 heavy (non-hydrogen) atoms. The van der Waals surface area contributed by atoms with Crippen molar-refractivity contribution in [1.82, 2.24) is 15.3 Å². The van der Waals surface area contributed by atoms with Crippen molar-refractivity contribution >= 4 is 15.9 Å². The van der Waals surface area contributed by atoms with E-state index in [2.05, 4.69) is 38.1 Å². The molecule has 0 spiro atoms.